The molecule has 0 aliphatic carbocycles. The Bertz CT molecular complexity index is 995. The monoisotopic (exact) mass is 413 g/mol. The first-order valence-corrected chi connectivity index (χ1v) is 11.4. The molecule has 2 aromatic carbocycles. The zero-order valence-electron chi connectivity index (χ0n) is 16.8. The average molecular weight is 414 g/mol. The van der Waals surface area contributed by atoms with Crippen molar-refractivity contribution in [2.45, 2.75) is 25.2 Å². The van der Waals surface area contributed by atoms with Gasteiger partial charge in [0.2, 0.25) is 15.9 Å². The summed E-state index contributed by atoms with van der Waals surface area (Å²) in [6, 6.07) is 16.3. The molecule has 0 atom stereocenters. The van der Waals surface area contributed by atoms with Crippen LogP contribution in [0.1, 0.15) is 20.3 Å². The van der Waals surface area contributed by atoms with Crippen LogP contribution in [0.25, 0.3) is 22.8 Å². The van der Waals surface area contributed by atoms with Gasteiger partial charge in [0, 0.05) is 17.7 Å². The van der Waals surface area contributed by atoms with Gasteiger partial charge in [0.15, 0.2) is 5.76 Å². The number of nitrogens with one attached hydrogen (secondary N) is 1. The Morgan fingerprint density at radius 2 is 1.66 bits per heavy atom. The van der Waals surface area contributed by atoms with E-state index in [0.29, 0.717) is 18.2 Å². The smallest absolute Gasteiger partial charge is 0.240 e. The van der Waals surface area contributed by atoms with Crippen molar-refractivity contribution in [1.82, 2.24) is 14.6 Å². The van der Waals surface area contributed by atoms with Crippen LogP contribution in [-0.4, -0.2) is 44.5 Å². The summed E-state index contributed by atoms with van der Waals surface area (Å²) in [5.74, 6) is 1.13. The predicted octanol–water partition coefficient (Wildman–Crippen LogP) is 4.02. The summed E-state index contributed by atoms with van der Waals surface area (Å²) >= 11 is 0. The number of oxazole rings is 1. The quantitative estimate of drug-likeness (QED) is 0.508. The fourth-order valence-electron chi connectivity index (χ4n) is 3.05. The van der Waals surface area contributed by atoms with Crippen molar-refractivity contribution in [3.8, 4) is 22.8 Å². The maximum Gasteiger partial charge on any atom is 0.240 e. The minimum atomic E-state index is -3.53. The van der Waals surface area contributed by atoms with Crippen molar-refractivity contribution in [2.24, 2.45) is 0 Å². The maximum absolute atomic E-state index is 12.5. The summed E-state index contributed by atoms with van der Waals surface area (Å²) in [6.45, 7) is 7.44. The van der Waals surface area contributed by atoms with Gasteiger partial charge in [-0.15, -0.1) is 0 Å². The van der Waals surface area contributed by atoms with Gasteiger partial charge in [-0.25, -0.2) is 18.1 Å². The highest BCUT2D eigenvalue weighted by Gasteiger charge is 2.15. The lowest BCUT2D eigenvalue weighted by Gasteiger charge is -2.17. The second kappa shape index (κ2) is 9.82. The Labute approximate surface area is 172 Å². The molecule has 29 heavy (non-hydrogen) atoms. The van der Waals surface area contributed by atoms with E-state index < -0.39 is 10.0 Å². The molecule has 7 heteroatoms. The first-order valence-electron chi connectivity index (χ1n) is 9.87. The highest BCUT2D eigenvalue weighted by atomic mass is 32.2. The number of hydrogen-bond acceptors (Lipinski definition) is 5. The molecule has 1 N–H and O–H groups in total. The van der Waals surface area contributed by atoms with E-state index in [9.17, 15) is 8.42 Å². The molecule has 0 amide bonds. The fraction of sp³-hybridized carbons (Fsp3) is 0.318. The molecular formula is C22H27N3O3S. The third-order valence-electron chi connectivity index (χ3n) is 4.81. The molecule has 0 radical (unpaired) electrons. The van der Waals surface area contributed by atoms with E-state index in [4.69, 9.17) is 4.42 Å². The van der Waals surface area contributed by atoms with Gasteiger partial charge in [-0.05, 0) is 50.3 Å². The lowest BCUT2D eigenvalue weighted by Crippen LogP contribution is -2.30. The normalized spacial score (nSPS) is 11.8. The summed E-state index contributed by atoms with van der Waals surface area (Å²) < 4.78 is 33.5. The molecule has 0 aliphatic heterocycles. The summed E-state index contributed by atoms with van der Waals surface area (Å²) in [7, 11) is -3.53. The maximum atomic E-state index is 12.5. The highest BCUT2D eigenvalue weighted by Crippen LogP contribution is 2.26. The SMILES string of the molecule is CCN(CC)CCCNS(=O)(=O)c1ccc(-c2ncc(-c3ccccc3)o2)cc1. The van der Waals surface area contributed by atoms with Crippen LogP contribution in [0.4, 0.5) is 0 Å². The predicted molar refractivity (Wildman–Crippen MR) is 115 cm³/mol. The number of aromatic nitrogens is 1. The van der Waals surface area contributed by atoms with Crippen LogP contribution in [0.3, 0.4) is 0 Å². The van der Waals surface area contributed by atoms with Gasteiger partial charge in [0.1, 0.15) is 0 Å². The molecule has 1 aromatic heterocycles. The van der Waals surface area contributed by atoms with Crippen molar-refractivity contribution in [3.63, 3.8) is 0 Å². The largest absolute Gasteiger partial charge is 0.436 e. The molecule has 154 valence electrons. The number of hydrogen-bond donors (Lipinski definition) is 1. The van der Waals surface area contributed by atoms with Crippen molar-refractivity contribution < 1.29 is 12.8 Å². The Kier molecular flexibility index (Phi) is 7.19. The minimum Gasteiger partial charge on any atom is -0.436 e. The molecule has 1 heterocycles. The topological polar surface area (TPSA) is 75.4 Å². The van der Waals surface area contributed by atoms with Crippen molar-refractivity contribution in [1.29, 1.82) is 0 Å². The lowest BCUT2D eigenvalue weighted by atomic mass is 10.2. The van der Waals surface area contributed by atoms with E-state index in [-0.39, 0.29) is 4.90 Å². The average Bonchev–Trinajstić information content (AvgIpc) is 3.25. The van der Waals surface area contributed by atoms with Gasteiger partial charge < -0.3 is 9.32 Å². The molecule has 0 saturated carbocycles. The van der Waals surface area contributed by atoms with Gasteiger partial charge in [0.05, 0.1) is 11.1 Å². The molecule has 3 rings (SSSR count). The summed E-state index contributed by atoms with van der Waals surface area (Å²) in [6.07, 6.45) is 2.45. The number of sulfonamides is 1. The molecule has 0 saturated heterocycles. The van der Waals surface area contributed by atoms with Crippen LogP contribution in [0.2, 0.25) is 0 Å². The van der Waals surface area contributed by atoms with Crippen molar-refractivity contribution in [2.75, 3.05) is 26.2 Å². The van der Waals surface area contributed by atoms with Gasteiger partial charge in [0.25, 0.3) is 0 Å². The van der Waals surface area contributed by atoms with Crippen molar-refractivity contribution >= 4 is 10.0 Å². The first-order chi connectivity index (χ1) is 14.0. The van der Waals surface area contributed by atoms with Crippen LogP contribution in [0, 0.1) is 0 Å². The van der Waals surface area contributed by atoms with Gasteiger partial charge in [-0.1, -0.05) is 44.2 Å². The molecule has 6 nitrogen and oxygen atoms in total. The second-order valence-electron chi connectivity index (χ2n) is 6.70. The zero-order chi connectivity index (χ0) is 20.7. The molecule has 0 fully saturated rings. The zero-order valence-corrected chi connectivity index (χ0v) is 17.7. The molecule has 0 bridgehead atoms. The molecular weight excluding hydrogens is 386 g/mol. The van der Waals surface area contributed by atoms with Crippen LogP contribution >= 0.6 is 0 Å². The third kappa shape index (κ3) is 5.53. The van der Waals surface area contributed by atoms with E-state index in [1.54, 1.807) is 30.5 Å². The van der Waals surface area contributed by atoms with E-state index in [0.717, 1.165) is 37.2 Å². The highest BCUT2D eigenvalue weighted by molar-refractivity contribution is 7.89. The summed E-state index contributed by atoms with van der Waals surface area (Å²) in [4.78, 5) is 6.81. The Morgan fingerprint density at radius 1 is 0.966 bits per heavy atom. The van der Waals surface area contributed by atoms with Crippen LogP contribution in [0.15, 0.2) is 70.1 Å². The summed E-state index contributed by atoms with van der Waals surface area (Å²) in [5, 5.41) is 0. The van der Waals surface area contributed by atoms with E-state index >= 15 is 0 Å². The van der Waals surface area contributed by atoms with Gasteiger partial charge in [-0.2, -0.15) is 0 Å². The molecule has 0 spiro atoms. The van der Waals surface area contributed by atoms with E-state index in [2.05, 4.69) is 28.5 Å². The molecule has 0 aliphatic rings. The van der Waals surface area contributed by atoms with Crippen molar-refractivity contribution in [3.05, 3.63) is 60.8 Å². The Balaban J connectivity index is 1.63. The Morgan fingerprint density at radius 3 is 2.31 bits per heavy atom. The van der Waals surface area contributed by atoms with Crippen LogP contribution in [0.5, 0.6) is 0 Å². The number of rotatable bonds is 10. The Hall–Kier alpha value is -2.48. The van der Waals surface area contributed by atoms with Gasteiger partial charge >= 0.3 is 0 Å². The van der Waals surface area contributed by atoms with E-state index in [1.165, 1.54) is 0 Å². The lowest BCUT2D eigenvalue weighted by molar-refractivity contribution is 0.300. The van der Waals surface area contributed by atoms with Crippen LogP contribution in [-0.2, 0) is 10.0 Å². The number of benzene rings is 2. The molecule has 3 aromatic rings. The first kappa shape index (κ1) is 21.2. The summed E-state index contributed by atoms with van der Waals surface area (Å²) in [5.41, 5.74) is 1.67. The van der Waals surface area contributed by atoms with Gasteiger partial charge in [-0.3, -0.25) is 0 Å². The fourth-order valence-corrected chi connectivity index (χ4v) is 4.13. The van der Waals surface area contributed by atoms with E-state index in [1.807, 2.05) is 30.3 Å². The van der Waals surface area contributed by atoms with Crippen LogP contribution < -0.4 is 4.72 Å². The molecule has 0 unspecified atom stereocenters. The standard InChI is InChI=1S/C22H27N3O3S/c1-3-25(4-2)16-8-15-24-29(26,27)20-13-11-19(12-14-20)22-23-17-21(28-22)18-9-6-5-7-10-18/h5-7,9-14,17,24H,3-4,8,15-16H2,1-2H3. The third-order valence-corrected chi connectivity index (χ3v) is 6.29. The second-order valence-corrected chi connectivity index (χ2v) is 8.47. The minimum absolute atomic E-state index is 0.235. The number of nitrogens with zero attached hydrogens (tertiary/aromatic N) is 2.